The van der Waals surface area contributed by atoms with Gasteiger partial charge in [0.15, 0.2) is 23.1 Å². The molecule has 3 aromatic rings. The minimum absolute atomic E-state index is 0.0164. The molecule has 9 nitrogen and oxygen atoms in total. The Hall–Kier alpha value is -3.44. The van der Waals surface area contributed by atoms with Gasteiger partial charge in [-0.1, -0.05) is 11.2 Å². The maximum Gasteiger partial charge on any atom is 0.242 e. The summed E-state index contributed by atoms with van der Waals surface area (Å²) in [6.07, 6.45) is -0.789. The summed E-state index contributed by atoms with van der Waals surface area (Å²) in [7, 11) is 0. The molecule has 1 unspecified atom stereocenters. The molecule has 37 heavy (non-hydrogen) atoms. The van der Waals surface area contributed by atoms with Crippen LogP contribution in [0.5, 0.6) is 0 Å². The summed E-state index contributed by atoms with van der Waals surface area (Å²) in [4.78, 5) is 54.5. The second-order valence-corrected chi connectivity index (χ2v) is 11.0. The molecule has 0 radical (unpaired) electrons. The number of hydrogen-bond acceptors (Lipinski definition) is 9. The fourth-order valence-electron chi connectivity index (χ4n) is 6.16. The minimum Gasteiger partial charge on any atom is -0.372 e. The third-order valence-corrected chi connectivity index (χ3v) is 8.56. The van der Waals surface area contributed by atoms with Crippen LogP contribution in [0.1, 0.15) is 47.6 Å². The number of nitrogens with one attached hydrogen (secondary N) is 1. The predicted molar refractivity (Wildman–Crippen MR) is 131 cm³/mol. The number of ether oxygens (including phenoxy) is 1. The fraction of sp³-hybridized carbons (Fsp3) is 0.423. The van der Waals surface area contributed by atoms with Crippen molar-refractivity contribution in [2.45, 2.75) is 57.8 Å². The van der Waals surface area contributed by atoms with Crippen LogP contribution in [-0.4, -0.2) is 53.3 Å². The predicted octanol–water partition coefficient (Wildman–Crippen LogP) is 2.98. The van der Waals surface area contributed by atoms with Crippen LogP contribution < -0.4 is 10.2 Å². The summed E-state index contributed by atoms with van der Waals surface area (Å²) in [5.74, 6) is -2.88. The Bertz CT molecular complexity index is 1440. The van der Waals surface area contributed by atoms with E-state index in [1.54, 1.807) is 29.2 Å². The number of carbonyl (C=O) groups is 4. The average molecular weight is 526 g/mol. The van der Waals surface area contributed by atoms with Gasteiger partial charge in [0.05, 0.1) is 35.7 Å². The quantitative estimate of drug-likeness (QED) is 0.314. The number of fused-ring (bicyclic) bond motifs is 5. The van der Waals surface area contributed by atoms with E-state index in [2.05, 4.69) is 10.5 Å². The minimum atomic E-state index is -1.64. The van der Waals surface area contributed by atoms with Crippen molar-refractivity contribution >= 4 is 51.4 Å². The van der Waals surface area contributed by atoms with E-state index in [4.69, 9.17) is 9.26 Å². The van der Waals surface area contributed by atoms with Gasteiger partial charge in [0.2, 0.25) is 17.4 Å². The summed E-state index contributed by atoms with van der Waals surface area (Å²) >= 11 is 1.54. The zero-order valence-corrected chi connectivity index (χ0v) is 21.0. The monoisotopic (exact) mass is 525 g/mol. The first-order chi connectivity index (χ1) is 17.7. The van der Waals surface area contributed by atoms with Gasteiger partial charge in [0, 0.05) is 17.8 Å². The summed E-state index contributed by atoms with van der Waals surface area (Å²) in [5, 5.41) is 8.36. The number of amides is 2. The highest BCUT2D eigenvalue weighted by Crippen LogP contribution is 2.50. The molecule has 3 aliphatic heterocycles. The number of halogens is 1. The number of carbonyl (C=O) groups excluding carboxylic acids is 4. The van der Waals surface area contributed by atoms with Gasteiger partial charge >= 0.3 is 0 Å². The van der Waals surface area contributed by atoms with Crippen LogP contribution in [0.4, 0.5) is 10.1 Å². The molecule has 0 aliphatic carbocycles. The Morgan fingerprint density at radius 1 is 1.32 bits per heavy atom. The zero-order chi connectivity index (χ0) is 26.1. The average Bonchev–Trinajstić information content (AvgIpc) is 3.50. The van der Waals surface area contributed by atoms with E-state index >= 15 is 4.39 Å². The standard InChI is InChI=1S/C26H24FN3O6S/c1-12-11-30-22-14(10-26(24(30)13(2)35-12)18(32)9-19(33)28-25(26)34)8-16-21(29-36-23(16)20(22)27)17(31)6-5-15-4-3-7-37-15/h3-4,7-8,12-13,24H,5-6,9-11H2,1-2H3,(H,28,33,34)/t12-,13+,24-,26?/m1/s1. The van der Waals surface area contributed by atoms with Gasteiger partial charge in [-0.3, -0.25) is 24.5 Å². The Morgan fingerprint density at radius 3 is 2.86 bits per heavy atom. The second kappa shape index (κ2) is 8.56. The van der Waals surface area contributed by atoms with E-state index in [-0.39, 0.29) is 53.6 Å². The summed E-state index contributed by atoms with van der Waals surface area (Å²) < 4.78 is 27.4. The molecule has 6 rings (SSSR count). The Kier molecular flexibility index (Phi) is 5.53. The van der Waals surface area contributed by atoms with Gasteiger partial charge in [-0.25, -0.2) is 4.39 Å². The highest BCUT2D eigenvalue weighted by Gasteiger charge is 2.62. The van der Waals surface area contributed by atoms with E-state index in [1.807, 2.05) is 24.4 Å². The number of nitrogens with zero attached hydrogens (tertiary/aromatic N) is 2. The first-order valence-electron chi connectivity index (χ1n) is 12.2. The molecule has 11 heteroatoms. The van der Waals surface area contributed by atoms with E-state index in [9.17, 15) is 19.2 Å². The number of morpholine rings is 1. The van der Waals surface area contributed by atoms with Crippen molar-refractivity contribution in [2.24, 2.45) is 5.41 Å². The van der Waals surface area contributed by atoms with E-state index in [0.717, 1.165) is 4.88 Å². The van der Waals surface area contributed by atoms with Gasteiger partial charge in [-0.05, 0) is 49.8 Å². The maximum absolute atomic E-state index is 16.1. The number of imide groups is 1. The smallest absolute Gasteiger partial charge is 0.242 e. The molecular formula is C26H24FN3O6S. The van der Waals surface area contributed by atoms with Crippen molar-refractivity contribution < 1.29 is 32.8 Å². The third-order valence-electron chi connectivity index (χ3n) is 7.62. The number of aromatic nitrogens is 1. The second-order valence-electron chi connectivity index (χ2n) is 9.98. The number of piperidine rings is 1. The number of thiophene rings is 1. The van der Waals surface area contributed by atoms with E-state index < -0.39 is 47.4 Å². The molecule has 2 aromatic heterocycles. The first-order valence-corrected chi connectivity index (χ1v) is 13.0. The van der Waals surface area contributed by atoms with Gasteiger partial charge in [-0.2, -0.15) is 0 Å². The number of anilines is 1. The Balaban J connectivity index is 1.48. The zero-order valence-electron chi connectivity index (χ0n) is 20.2. The van der Waals surface area contributed by atoms with Gasteiger partial charge < -0.3 is 14.2 Å². The number of ketones is 2. The van der Waals surface area contributed by atoms with Crippen LogP contribution >= 0.6 is 11.3 Å². The molecule has 1 spiro atoms. The van der Waals surface area contributed by atoms with Crippen molar-refractivity contribution in [1.29, 1.82) is 0 Å². The van der Waals surface area contributed by atoms with Gasteiger partial charge in [-0.15, -0.1) is 11.3 Å². The first kappa shape index (κ1) is 23.9. The third kappa shape index (κ3) is 3.55. The van der Waals surface area contributed by atoms with Gasteiger partial charge in [0.25, 0.3) is 0 Å². The highest BCUT2D eigenvalue weighted by atomic mass is 32.1. The molecule has 2 fully saturated rings. The fourth-order valence-corrected chi connectivity index (χ4v) is 6.87. The number of Topliss-reactive ketones (excluding diaryl/α,β-unsaturated/α-hetero) is 2. The number of benzene rings is 1. The van der Waals surface area contributed by atoms with Gasteiger partial charge in [0.1, 0.15) is 5.41 Å². The van der Waals surface area contributed by atoms with Crippen LogP contribution in [0, 0.1) is 11.2 Å². The summed E-state index contributed by atoms with van der Waals surface area (Å²) in [6.45, 7) is 3.79. The molecule has 0 saturated carbocycles. The molecule has 0 bridgehead atoms. The number of rotatable bonds is 4. The lowest BCUT2D eigenvalue weighted by Crippen LogP contribution is -2.72. The molecule has 5 heterocycles. The molecule has 192 valence electrons. The summed E-state index contributed by atoms with van der Waals surface area (Å²) in [5.41, 5.74) is -1.18. The molecular weight excluding hydrogens is 501 g/mol. The Labute approximate surface area is 214 Å². The maximum atomic E-state index is 16.1. The molecule has 2 amide bonds. The lowest BCUT2D eigenvalue weighted by Gasteiger charge is -2.55. The highest BCUT2D eigenvalue weighted by molar-refractivity contribution is 7.09. The lowest BCUT2D eigenvalue weighted by molar-refractivity contribution is -0.158. The van der Waals surface area contributed by atoms with Crippen molar-refractivity contribution in [2.75, 3.05) is 11.4 Å². The van der Waals surface area contributed by atoms with Crippen LogP contribution in [0.25, 0.3) is 11.0 Å². The molecule has 3 aliphatic rings. The van der Waals surface area contributed by atoms with E-state index in [1.165, 1.54) is 0 Å². The van der Waals surface area contributed by atoms with Crippen molar-refractivity contribution in [3.05, 3.63) is 45.5 Å². The Morgan fingerprint density at radius 2 is 2.14 bits per heavy atom. The largest absolute Gasteiger partial charge is 0.372 e. The van der Waals surface area contributed by atoms with Crippen LogP contribution in [0.15, 0.2) is 28.1 Å². The van der Waals surface area contributed by atoms with Crippen molar-refractivity contribution in [3.8, 4) is 0 Å². The molecule has 1 aromatic carbocycles. The molecule has 4 atom stereocenters. The van der Waals surface area contributed by atoms with Crippen molar-refractivity contribution in [3.63, 3.8) is 0 Å². The van der Waals surface area contributed by atoms with Crippen LogP contribution in [0.3, 0.4) is 0 Å². The molecule has 1 N–H and O–H groups in total. The van der Waals surface area contributed by atoms with Crippen LogP contribution in [-0.2, 0) is 32.0 Å². The molecule has 2 saturated heterocycles. The number of aryl methyl sites for hydroxylation is 1. The topological polar surface area (TPSA) is 119 Å². The lowest BCUT2D eigenvalue weighted by atomic mass is 9.63. The van der Waals surface area contributed by atoms with Crippen LogP contribution in [0.2, 0.25) is 0 Å². The number of hydrogen-bond donors (Lipinski definition) is 1. The normalized spacial score (nSPS) is 27.4. The summed E-state index contributed by atoms with van der Waals surface area (Å²) in [6, 6.07) is 4.62. The van der Waals surface area contributed by atoms with Crippen molar-refractivity contribution in [1.82, 2.24) is 10.5 Å². The SMILES string of the molecule is C[C@@H]1CN2c3c(cc4c(C(=O)CCc5cccs5)noc4c3F)CC3(C(=O)CC(=O)NC3=O)[C@H]2[C@H](C)O1. The van der Waals surface area contributed by atoms with E-state index in [0.29, 0.717) is 12.0 Å².